The first kappa shape index (κ1) is 18.0. The minimum atomic E-state index is 0.00358. The van der Waals surface area contributed by atoms with Crippen molar-refractivity contribution >= 4 is 17.5 Å². The Bertz CT molecular complexity index is 468. The van der Waals surface area contributed by atoms with E-state index < -0.39 is 0 Å². The summed E-state index contributed by atoms with van der Waals surface area (Å²) in [5.41, 5.74) is 3.56. The molecule has 3 nitrogen and oxygen atoms in total. The average molecular weight is 311 g/mol. The first-order valence-corrected chi connectivity index (χ1v) is 8.20. The van der Waals surface area contributed by atoms with E-state index in [2.05, 4.69) is 22.8 Å². The van der Waals surface area contributed by atoms with Gasteiger partial charge in [-0.25, -0.2) is 0 Å². The third-order valence-electron chi connectivity index (χ3n) is 3.73. The molecule has 0 radical (unpaired) electrons. The highest BCUT2D eigenvalue weighted by molar-refractivity contribution is 6.31. The van der Waals surface area contributed by atoms with E-state index >= 15 is 0 Å². The fourth-order valence-electron chi connectivity index (χ4n) is 2.64. The predicted octanol–water partition coefficient (Wildman–Crippen LogP) is 3.78. The first-order chi connectivity index (χ1) is 10.1. The summed E-state index contributed by atoms with van der Waals surface area (Å²) in [5.74, 6) is 0.548. The Balaban J connectivity index is 0.00000106. The molecule has 1 fully saturated rings. The van der Waals surface area contributed by atoms with Crippen LogP contribution in [0.5, 0.6) is 0 Å². The van der Waals surface area contributed by atoms with E-state index in [0.29, 0.717) is 12.5 Å². The minimum Gasteiger partial charge on any atom is -0.352 e. The number of amides is 1. The molecule has 4 heteroatoms. The van der Waals surface area contributed by atoms with E-state index in [-0.39, 0.29) is 5.91 Å². The van der Waals surface area contributed by atoms with Gasteiger partial charge in [0.05, 0.1) is 0 Å². The van der Waals surface area contributed by atoms with Gasteiger partial charge in [-0.15, -0.1) is 0 Å². The molecule has 0 aliphatic carbocycles. The number of hydrogen-bond acceptors (Lipinski definition) is 2. The van der Waals surface area contributed by atoms with Crippen molar-refractivity contribution in [3.8, 4) is 0 Å². The second kappa shape index (κ2) is 9.06. The zero-order chi connectivity index (χ0) is 15.8. The molecule has 2 rings (SSSR count). The van der Waals surface area contributed by atoms with E-state index in [9.17, 15) is 4.79 Å². The second-order valence-corrected chi connectivity index (χ2v) is 5.64. The van der Waals surface area contributed by atoms with E-state index in [1.807, 2.05) is 20.8 Å². The highest BCUT2D eigenvalue weighted by Gasteiger charge is 2.19. The van der Waals surface area contributed by atoms with Crippen molar-refractivity contribution in [1.82, 2.24) is 10.6 Å². The number of piperidine rings is 1. The van der Waals surface area contributed by atoms with Gasteiger partial charge in [0.15, 0.2) is 0 Å². The Morgan fingerprint density at radius 1 is 1.33 bits per heavy atom. The SMILES string of the molecule is CC.CC(=O)NCc1cc(C)c(Cl)cc1C1CCNCC1. The van der Waals surface area contributed by atoms with E-state index in [1.165, 1.54) is 11.1 Å². The first-order valence-electron chi connectivity index (χ1n) is 7.82. The molecule has 1 aromatic carbocycles. The fourth-order valence-corrected chi connectivity index (χ4v) is 2.81. The van der Waals surface area contributed by atoms with Crippen molar-refractivity contribution < 1.29 is 4.79 Å². The highest BCUT2D eigenvalue weighted by atomic mass is 35.5. The number of carbonyl (C=O) groups excluding carboxylic acids is 1. The quantitative estimate of drug-likeness (QED) is 0.892. The monoisotopic (exact) mass is 310 g/mol. The highest BCUT2D eigenvalue weighted by Crippen LogP contribution is 2.32. The lowest BCUT2D eigenvalue weighted by Crippen LogP contribution is -2.28. The van der Waals surface area contributed by atoms with Gasteiger partial charge in [0.1, 0.15) is 0 Å². The minimum absolute atomic E-state index is 0.00358. The molecule has 0 bridgehead atoms. The van der Waals surface area contributed by atoms with E-state index in [0.717, 1.165) is 36.5 Å². The maximum absolute atomic E-state index is 11.1. The summed E-state index contributed by atoms with van der Waals surface area (Å²) < 4.78 is 0. The number of carbonyl (C=O) groups is 1. The topological polar surface area (TPSA) is 41.1 Å². The smallest absolute Gasteiger partial charge is 0.217 e. The summed E-state index contributed by atoms with van der Waals surface area (Å²) in [5, 5.41) is 7.09. The summed E-state index contributed by atoms with van der Waals surface area (Å²) in [4.78, 5) is 11.1. The number of rotatable bonds is 3. The van der Waals surface area contributed by atoms with Crippen molar-refractivity contribution in [1.29, 1.82) is 0 Å². The van der Waals surface area contributed by atoms with Crippen LogP contribution in [-0.2, 0) is 11.3 Å². The molecular weight excluding hydrogens is 284 g/mol. The van der Waals surface area contributed by atoms with Gasteiger partial charge in [-0.05, 0) is 61.5 Å². The van der Waals surface area contributed by atoms with Crippen LogP contribution < -0.4 is 10.6 Å². The molecule has 1 saturated heterocycles. The summed E-state index contributed by atoms with van der Waals surface area (Å²) in [6.07, 6.45) is 2.26. The number of benzene rings is 1. The zero-order valence-electron chi connectivity index (χ0n) is 13.6. The fraction of sp³-hybridized carbons (Fsp3) is 0.588. The lowest BCUT2D eigenvalue weighted by atomic mass is 9.86. The van der Waals surface area contributed by atoms with Crippen LogP contribution in [0.4, 0.5) is 0 Å². The average Bonchev–Trinajstić information content (AvgIpc) is 2.51. The van der Waals surface area contributed by atoms with Gasteiger partial charge in [0.2, 0.25) is 5.91 Å². The predicted molar refractivity (Wildman–Crippen MR) is 89.9 cm³/mol. The molecule has 0 unspecified atom stereocenters. The van der Waals surface area contributed by atoms with Crippen molar-refractivity contribution in [2.75, 3.05) is 13.1 Å². The molecular formula is C17H27ClN2O. The summed E-state index contributed by atoms with van der Waals surface area (Å²) >= 11 is 6.26. The molecule has 118 valence electrons. The summed E-state index contributed by atoms with van der Waals surface area (Å²) in [6, 6.07) is 4.19. The van der Waals surface area contributed by atoms with Crippen LogP contribution in [0.2, 0.25) is 5.02 Å². The van der Waals surface area contributed by atoms with Gasteiger partial charge in [0.25, 0.3) is 0 Å². The van der Waals surface area contributed by atoms with Gasteiger partial charge in [-0.2, -0.15) is 0 Å². The normalized spacial score (nSPS) is 15.1. The van der Waals surface area contributed by atoms with Gasteiger partial charge in [0, 0.05) is 18.5 Å². The number of halogens is 1. The maximum Gasteiger partial charge on any atom is 0.217 e. The standard InChI is InChI=1S/C15H21ClN2O.C2H6/c1-10-7-13(9-18-11(2)19)14(8-15(10)16)12-3-5-17-6-4-12;1-2/h7-8,12,17H,3-6,9H2,1-2H3,(H,18,19);1-2H3. The molecule has 2 N–H and O–H groups in total. The molecule has 0 atom stereocenters. The van der Waals surface area contributed by atoms with Crippen molar-refractivity contribution in [2.24, 2.45) is 0 Å². The van der Waals surface area contributed by atoms with Crippen LogP contribution in [0.25, 0.3) is 0 Å². The van der Waals surface area contributed by atoms with E-state index in [4.69, 9.17) is 11.6 Å². The Labute approximate surface area is 133 Å². The molecule has 1 heterocycles. The molecule has 21 heavy (non-hydrogen) atoms. The zero-order valence-corrected chi connectivity index (χ0v) is 14.3. The molecule has 1 aliphatic heterocycles. The third-order valence-corrected chi connectivity index (χ3v) is 4.13. The van der Waals surface area contributed by atoms with Crippen LogP contribution in [-0.4, -0.2) is 19.0 Å². The van der Waals surface area contributed by atoms with Crippen LogP contribution in [0.3, 0.4) is 0 Å². The Morgan fingerprint density at radius 2 is 1.95 bits per heavy atom. The number of nitrogens with one attached hydrogen (secondary N) is 2. The Hall–Kier alpha value is -1.06. The second-order valence-electron chi connectivity index (χ2n) is 5.23. The van der Waals surface area contributed by atoms with Gasteiger partial charge in [-0.1, -0.05) is 31.5 Å². The van der Waals surface area contributed by atoms with Crippen molar-refractivity contribution in [2.45, 2.75) is 53.0 Å². The molecule has 1 aliphatic rings. The largest absolute Gasteiger partial charge is 0.352 e. The van der Waals surface area contributed by atoms with Crippen molar-refractivity contribution in [3.05, 3.63) is 33.8 Å². The molecule has 0 aromatic heterocycles. The number of hydrogen-bond donors (Lipinski definition) is 2. The van der Waals surface area contributed by atoms with Crippen molar-refractivity contribution in [3.63, 3.8) is 0 Å². The lowest BCUT2D eigenvalue weighted by molar-refractivity contribution is -0.119. The molecule has 0 spiro atoms. The summed E-state index contributed by atoms with van der Waals surface area (Å²) in [7, 11) is 0. The molecule has 1 amide bonds. The Kier molecular flexibility index (Phi) is 7.76. The molecule has 0 saturated carbocycles. The van der Waals surface area contributed by atoms with Crippen LogP contribution in [0.1, 0.15) is 56.2 Å². The van der Waals surface area contributed by atoms with Gasteiger partial charge in [-0.3, -0.25) is 4.79 Å². The molecule has 1 aromatic rings. The summed E-state index contributed by atoms with van der Waals surface area (Å²) in [6.45, 7) is 10.2. The van der Waals surface area contributed by atoms with Crippen LogP contribution in [0.15, 0.2) is 12.1 Å². The lowest BCUT2D eigenvalue weighted by Gasteiger charge is -2.26. The van der Waals surface area contributed by atoms with Gasteiger partial charge >= 0.3 is 0 Å². The number of aryl methyl sites for hydroxylation is 1. The van der Waals surface area contributed by atoms with Crippen LogP contribution in [0, 0.1) is 6.92 Å². The van der Waals surface area contributed by atoms with E-state index in [1.54, 1.807) is 6.92 Å². The van der Waals surface area contributed by atoms with Crippen LogP contribution >= 0.6 is 11.6 Å². The Morgan fingerprint density at radius 3 is 2.52 bits per heavy atom. The third kappa shape index (κ3) is 5.33. The van der Waals surface area contributed by atoms with Gasteiger partial charge < -0.3 is 10.6 Å². The maximum atomic E-state index is 11.1.